The van der Waals surface area contributed by atoms with Crippen LogP contribution in [0, 0.1) is 5.92 Å². The molecule has 0 unspecified atom stereocenters. The van der Waals surface area contributed by atoms with Crippen molar-refractivity contribution in [3.05, 3.63) is 178 Å². The fourth-order valence-corrected chi connectivity index (χ4v) is 13.0. The SMILES string of the molecule is CCOCC(=O)NCCC[C@H](c1ccc(OC)c(OC)c1)N1C(=O)c2cccc(N3CCN([C@H](C)c4ccccc4)CC3)c2C1=O.COc1ccc([C@@H](CCCNC(=O)CC(C)C)N2C(=O)c3cccc(N4CCN([C@H](C)c5ccccc5)CC4)c3C2=O)cc1OC. The number of ether oxygens (including phenoxy) is 5. The molecular formula is C73H90N8O11. The molecule has 0 aliphatic carbocycles. The topological polar surface area (TPSA) is 192 Å². The van der Waals surface area contributed by atoms with Crippen molar-refractivity contribution < 1.29 is 52.5 Å². The summed E-state index contributed by atoms with van der Waals surface area (Å²) >= 11 is 0. The zero-order valence-electron chi connectivity index (χ0n) is 54.8. The smallest absolute Gasteiger partial charge is 0.264 e. The standard InChI is InChI=1S/C37H46N4O5.C36H44N4O6/c1-25(2)23-34(42)38-18-10-15-30(28-16-17-32(45-4)33(24-28)46-5)41-36(43)29-13-9-14-31(35(29)37(41)44)40-21-19-39(20-22-40)26(3)27-11-7-6-8-12-27;1-5-46-24-33(41)37-18-10-15-29(27-16-17-31(44-3)32(23-27)45-4)40-35(42)28-13-9-14-30(34(28)36(40)43)39-21-19-38(20-22-39)25(2)26-11-7-6-8-12-26/h6-9,11-14,16-17,24-26,30H,10,15,18-23H2,1-5H3,(H,38,42);6-9,11-14,16-17,23,25,29H,5,10,15,18-22,24H2,1-4H3,(H,37,41)/t26-,30-;25-,29-/m11/s1. The fraction of sp³-hybridized carbons (Fsp3) is 0.425. The molecule has 4 atom stereocenters. The van der Waals surface area contributed by atoms with Gasteiger partial charge < -0.3 is 44.1 Å². The van der Waals surface area contributed by atoms with Gasteiger partial charge >= 0.3 is 0 Å². The first-order valence-corrected chi connectivity index (χ1v) is 32.3. The maximum absolute atomic E-state index is 14.3. The highest BCUT2D eigenvalue weighted by Gasteiger charge is 2.45. The highest BCUT2D eigenvalue weighted by molar-refractivity contribution is 6.25. The number of carbonyl (C=O) groups is 6. The van der Waals surface area contributed by atoms with Gasteiger partial charge in [0.25, 0.3) is 23.6 Å². The van der Waals surface area contributed by atoms with E-state index in [1.807, 2.05) is 81.4 Å². The van der Waals surface area contributed by atoms with Crippen LogP contribution < -0.4 is 39.4 Å². The zero-order valence-corrected chi connectivity index (χ0v) is 54.8. The van der Waals surface area contributed by atoms with E-state index in [9.17, 15) is 28.8 Å². The van der Waals surface area contributed by atoms with Crippen LogP contribution in [0.4, 0.5) is 11.4 Å². The maximum atomic E-state index is 14.3. The fourth-order valence-electron chi connectivity index (χ4n) is 13.0. The second-order valence-corrected chi connectivity index (χ2v) is 24.1. The summed E-state index contributed by atoms with van der Waals surface area (Å²) in [5.74, 6) is 0.993. The molecule has 2 N–H and O–H groups in total. The molecule has 2 saturated heterocycles. The summed E-state index contributed by atoms with van der Waals surface area (Å²) in [4.78, 5) is 93.2. The Hall–Kier alpha value is -8.78. The normalized spacial score (nSPS) is 16.3. The molecule has 2 fully saturated rings. The molecule has 0 radical (unpaired) electrons. The van der Waals surface area contributed by atoms with Gasteiger partial charge in [0.1, 0.15) is 6.61 Å². The summed E-state index contributed by atoms with van der Waals surface area (Å²) in [6, 6.07) is 42.5. The van der Waals surface area contributed by atoms with Crippen LogP contribution >= 0.6 is 0 Å². The lowest BCUT2D eigenvalue weighted by Crippen LogP contribution is -2.47. The van der Waals surface area contributed by atoms with Crippen LogP contribution in [0.5, 0.6) is 23.0 Å². The van der Waals surface area contributed by atoms with Gasteiger partial charge in [0.15, 0.2) is 23.0 Å². The van der Waals surface area contributed by atoms with E-state index in [0.717, 1.165) is 74.9 Å². The molecule has 92 heavy (non-hydrogen) atoms. The number of anilines is 2. The number of amides is 6. The third-order valence-corrected chi connectivity index (χ3v) is 18.0. The third kappa shape index (κ3) is 15.6. The summed E-state index contributed by atoms with van der Waals surface area (Å²) in [7, 11) is 6.26. The Bertz CT molecular complexity index is 3520. The number of carbonyl (C=O) groups excluding carboxylic acids is 6. The summed E-state index contributed by atoms with van der Waals surface area (Å²) < 4.78 is 27.2. The van der Waals surface area contributed by atoms with Gasteiger partial charge in [-0.15, -0.1) is 0 Å². The van der Waals surface area contributed by atoms with Crippen LogP contribution in [0.2, 0.25) is 0 Å². The molecule has 0 bridgehead atoms. The number of rotatable bonds is 27. The van der Waals surface area contributed by atoms with E-state index >= 15 is 0 Å². The van der Waals surface area contributed by atoms with Crippen LogP contribution in [0.1, 0.15) is 155 Å². The minimum atomic E-state index is -0.576. The molecule has 0 aromatic heterocycles. The van der Waals surface area contributed by atoms with Crippen LogP contribution in [0.25, 0.3) is 0 Å². The van der Waals surface area contributed by atoms with Crippen molar-refractivity contribution in [1.82, 2.24) is 30.2 Å². The first kappa shape index (κ1) is 67.6. The Balaban J connectivity index is 0.000000217. The highest BCUT2D eigenvalue weighted by Crippen LogP contribution is 2.43. The minimum Gasteiger partial charge on any atom is -0.493 e. The lowest BCUT2D eigenvalue weighted by Gasteiger charge is -2.39. The number of nitrogens with zero attached hydrogens (tertiary/aromatic N) is 6. The largest absolute Gasteiger partial charge is 0.493 e. The molecule has 6 aromatic carbocycles. The average molecular weight is 1260 g/mol. The Morgan fingerprint density at radius 2 is 0.859 bits per heavy atom. The molecule has 4 aliphatic heterocycles. The number of fused-ring (bicyclic) bond motifs is 2. The Labute approximate surface area is 541 Å². The van der Waals surface area contributed by atoms with E-state index in [0.29, 0.717) is 103 Å². The Kier molecular flexibility index (Phi) is 23.5. The summed E-state index contributed by atoms with van der Waals surface area (Å²) in [5, 5.41) is 5.84. The number of hydrogen-bond acceptors (Lipinski definition) is 15. The van der Waals surface area contributed by atoms with Crippen molar-refractivity contribution in [3.8, 4) is 23.0 Å². The quantitative estimate of drug-likeness (QED) is 0.0365. The van der Waals surface area contributed by atoms with Gasteiger partial charge in [-0.25, -0.2) is 0 Å². The molecular weight excluding hydrogens is 1160 g/mol. The molecule has 0 saturated carbocycles. The summed E-state index contributed by atoms with van der Waals surface area (Å²) in [6.45, 7) is 18.0. The average Bonchev–Trinajstić information content (AvgIpc) is 1.60. The van der Waals surface area contributed by atoms with Crippen molar-refractivity contribution in [3.63, 3.8) is 0 Å². The van der Waals surface area contributed by atoms with E-state index in [-0.39, 0.29) is 54.0 Å². The molecule has 19 heteroatoms. The second kappa shape index (κ2) is 32.0. The van der Waals surface area contributed by atoms with Gasteiger partial charge in [-0.3, -0.25) is 48.4 Å². The van der Waals surface area contributed by atoms with E-state index in [4.69, 9.17) is 23.7 Å². The highest BCUT2D eigenvalue weighted by atomic mass is 16.5. The van der Waals surface area contributed by atoms with Crippen LogP contribution in [-0.2, 0) is 14.3 Å². The Morgan fingerprint density at radius 3 is 1.24 bits per heavy atom. The lowest BCUT2D eigenvalue weighted by atomic mass is 9.99. The van der Waals surface area contributed by atoms with E-state index in [1.54, 1.807) is 52.7 Å². The number of nitrogens with one attached hydrogen (secondary N) is 2. The van der Waals surface area contributed by atoms with Crippen LogP contribution in [-0.4, -0.2) is 162 Å². The molecule has 4 aliphatic rings. The van der Waals surface area contributed by atoms with E-state index < -0.39 is 12.1 Å². The van der Waals surface area contributed by atoms with Gasteiger partial charge in [0.05, 0.1) is 74.2 Å². The predicted molar refractivity (Wildman–Crippen MR) is 356 cm³/mol. The van der Waals surface area contributed by atoms with Crippen LogP contribution in [0.15, 0.2) is 133 Å². The maximum Gasteiger partial charge on any atom is 0.264 e. The number of benzene rings is 6. The van der Waals surface area contributed by atoms with Crippen molar-refractivity contribution in [2.45, 2.75) is 90.9 Å². The number of methoxy groups -OCH3 is 4. The molecule has 488 valence electrons. The first-order valence-electron chi connectivity index (χ1n) is 32.3. The van der Waals surface area contributed by atoms with Crippen LogP contribution in [0.3, 0.4) is 0 Å². The predicted octanol–water partition coefficient (Wildman–Crippen LogP) is 10.7. The number of imide groups is 2. The molecule has 6 amide bonds. The first-order chi connectivity index (χ1) is 44.6. The zero-order chi connectivity index (χ0) is 65.4. The van der Waals surface area contributed by atoms with E-state index in [1.165, 1.54) is 20.9 Å². The lowest BCUT2D eigenvalue weighted by molar-refractivity contribution is -0.125. The monoisotopic (exact) mass is 1250 g/mol. The van der Waals surface area contributed by atoms with Gasteiger partial charge in [0.2, 0.25) is 11.8 Å². The number of piperazine rings is 2. The molecule has 6 aromatic rings. The molecule has 4 heterocycles. The van der Waals surface area contributed by atoms with Gasteiger partial charge in [-0.1, -0.05) is 98.8 Å². The van der Waals surface area contributed by atoms with Crippen molar-refractivity contribution >= 4 is 46.8 Å². The summed E-state index contributed by atoms with van der Waals surface area (Å²) in [5.41, 5.74) is 7.44. The summed E-state index contributed by atoms with van der Waals surface area (Å²) in [6.07, 6.45) is 2.51. The minimum absolute atomic E-state index is 0.00120. The van der Waals surface area contributed by atoms with Gasteiger partial charge in [0, 0.05) is 90.6 Å². The third-order valence-electron chi connectivity index (χ3n) is 18.0. The second-order valence-electron chi connectivity index (χ2n) is 24.1. The molecule has 19 nitrogen and oxygen atoms in total. The number of hydrogen-bond donors (Lipinski definition) is 2. The molecule has 0 spiro atoms. The molecule has 10 rings (SSSR count). The van der Waals surface area contributed by atoms with E-state index in [2.05, 4.69) is 92.6 Å². The van der Waals surface area contributed by atoms with Crippen molar-refractivity contribution in [2.24, 2.45) is 5.92 Å². The van der Waals surface area contributed by atoms with Crippen molar-refractivity contribution in [1.29, 1.82) is 0 Å². The van der Waals surface area contributed by atoms with Gasteiger partial charge in [-0.05, 0) is 123 Å². The Morgan fingerprint density at radius 1 is 0.457 bits per heavy atom. The van der Waals surface area contributed by atoms with Gasteiger partial charge in [-0.2, -0.15) is 0 Å². The van der Waals surface area contributed by atoms with Crippen molar-refractivity contribution in [2.75, 3.05) is 117 Å².